The van der Waals surface area contributed by atoms with Crippen LogP contribution in [-0.2, 0) is 4.74 Å². The standard InChI is InChI=1S/C16H25NO3/c1-12-6-2-4-8-15(12)19-10-13(18)11-20-16-9-5-3-7-14(16)17/h3,5,7,9,12-13,15,18H,2,4,6,8,10-11,17H2,1H3. The molecule has 112 valence electrons. The molecule has 0 heterocycles. The van der Waals surface area contributed by atoms with Crippen LogP contribution in [0.15, 0.2) is 24.3 Å². The van der Waals surface area contributed by atoms with Crippen LogP contribution >= 0.6 is 0 Å². The molecule has 0 aromatic heterocycles. The van der Waals surface area contributed by atoms with Gasteiger partial charge in [-0.1, -0.05) is 31.9 Å². The third kappa shape index (κ3) is 4.39. The van der Waals surface area contributed by atoms with E-state index in [1.54, 1.807) is 12.1 Å². The molecule has 0 spiro atoms. The fourth-order valence-corrected chi connectivity index (χ4v) is 2.61. The van der Waals surface area contributed by atoms with Crippen LogP contribution in [0.2, 0.25) is 0 Å². The van der Waals surface area contributed by atoms with Crippen molar-refractivity contribution in [3.05, 3.63) is 24.3 Å². The van der Waals surface area contributed by atoms with E-state index in [0.29, 0.717) is 24.0 Å². The van der Waals surface area contributed by atoms with E-state index in [1.807, 2.05) is 12.1 Å². The van der Waals surface area contributed by atoms with E-state index in [-0.39, 0.29) is 12.7 Å². The highest BCUT2D eigenvalue weighted by Gasteiger charge is 2.22. The van der Waals surface area contributed by atoms with Crippen molar-refractivity contribution in [2.75, 3.05) is 18.9 Å². The molecule has 3 N–H and O–H groups in total. The minimum absolute atomic E-state index is 0.204. The Hall–Kier alpha value is -1.26. The highest BCUT2D eigenvalue weighted by Crippen LogP contribution is 2.26. The summed E-state index contributed by atoms with van der Waals surface area (Å²) in [6.45, 7) is 2.74. The summed E-state index contributed by atoms with van der Waals surface area (Å²) in [6, 6.07) is 7.29. The first-order chi connectivity index (χ1) is 9.66. The Balaban J connectivity index is 1.70. The van der Waals surface area contributed by atoms with E-state index in [2.05, 4.69) is 6.92 Å². The first kappa shape index (κ1) is 15.1. The number of hydrogen-bond acceptors (Lipinski definition) is 4. The van der Waals surface area contributed by atoms with Gasteiger partial charge in [-0.15, -0.1) is 0 Å². The van der Waals surface area contributed by atoms with Gasteiger partial charge >= 0.3 is 0 Å². The summed E-state index contributed by atoms with van der Waals surface area (Å²) in [5.74, 6) is 1.19. The van der Waals surface area contributed by atoms with E-state index >= 15 is 0 Å². The van der Waals surface area contributed by atoms with E-state index in [1.165, 1.54) is 19.3 Å². The fraction of sp³-hybridized carbons (Fsp3) is 0.625. The van der Waals surface area contributed by atoms with Crippen molar-refractivity contribution in [3.8, 4) is 5.75 Å². The number of ether oxygens (including phenoxy) is 2. The molecule has 3 atom stereocenters. The predicted molar refractivity (Wildman–Crippen MR) is 79.7 cm³/mol. The quantitative estimate of drug-likeness (QED) is 0.786. The second kappa shape index (κ2) is 7.50. The molecule has 1 fully saturated rings. The van der Waals surface area contributed by atoms with Gasteiger partial charge in [-0.05, 0) is 30.9 Å². The van der Waals surface area contributed by atoms with Gasteiger partial charge in [-0.25, -0.2) is 0 Å². The normalized spacial score (nSPS) is 24.3. The average molecular weight is 279 g/mol. The lowest BCUT2D eigenvalue weighted by Crippen LogP contribution is -2.31. The molecule has 0 saturated heterocycles. The van der Waals surface area contributed by atoms with Crippen molar-refractivity contribution in [1.29, 1.82) is 0 Å². The van der Waals surface area contributed by atoms with Crippen molar-refractivity contribution in [1.82, 2.24) is 0 Å². The van der Waals surface area contributed by atoms with E-state index < -0.39 is 6.10 Å². The third-order valence-electron chi connectivity index (χ3n) is 3.89. The van der Waals surface area contributed by atoms with Gasteiger partial charge in [-0.2, -0.15) is 0 Å². The molecule has 1 aromatic carbocycles. The van der Waals surface area contributed by atoms with Crippen molar-refractivity contribution < 1.29 is 14.6 Å². The number of nitrogens with two attached hydrogens (primary N) is 1. The first-order valence-corrected chi connectivity index (χ1v) is 7.44. The van der Waals surface area contributed by atoms with Gasteiger partial charge in [0.2, 0.25) is 0 Å². The molecule has 0 amide bonds. The van der Waals surface area contributed by atoms with Gasteiger partial charge in [0.05, 0.1) is 18.4 Å². The minimum Gasteiger partial charge on any atom is -0.489 e. The largest absolute Gasteiger partial charge is 0.489 e. The van der Waals surface area contributed by atoms with Crippen molar-refractivity contribution in [2.45, 2.75) is 44.8 Å². The summed E-state index contributed by atoms with van der Waals surface area (Å²) in [7, 11) is 0. The number of nitrogen functional groups attached to an aromatic ring is 1. The molecule has 0 bridgehead atoms. The molecule has 1 saturated carbocycles. The SMILES string of the molecule is CC1CCCCC1OCC(O)COc1ccccc1N. The maximum absolute atomic E-state index is 9.93. The molecule has 1 aliphatic carbocycles. The number of hydrogen-bond donors (Lipinski definition) is 2. The van der Waals surface area contributed by atoms with Gasteiger partial charge < -0.3 is 20.3 Å². The Labute approximate surface area is 120 Å². The van der Waals surface area contributed by atoms with Crippen molar-refractivity contribution in [2.24, 2.45) is 5.92 Å². The summed E-state index contributed by atoms with van der Waals surface area (Å²) in [4.78, 5) is 0. The Morgan fingerprint density at radius 1 is 1.25 bits per heavy atom. The predicted octanol–water partition coefficient (Wildman–Crippen LogP) is 2.60. The molecule has 0 aliphatic heterocycles. The second-order valence-electron chi connectivity index (χ2n) is 5.64. The van der Waals surface area contributed by atoms with Crippen molar-refractivity contribution in [3.63, 3.8) is 0 Å². The lowest BCUT2D eigenvalue weighted by Gasteiger charge is -2.29. The lowest BCUT2D eigenvalue weighted by molar-refractivity contribution is -0.0553. The zero-order valence-electron chi connectivity index (χ0n) is 12.1. The monoisotopic (exact) mass is 279 g/mol. The molecule has 4 heteroatoms. The second-order valence-corrected chi connectivity index (χ2v) is 5.64. The maximum Gasteiger partial charge on any atom is 0.142 e. The molecule has 1 aliphatic rings. The van der Waals surface area contributed by atoms with Crippen LogP contribution < -0.4 is 10.5 Å². The zero-order chi connectivity index (χ0) is 14.4. The van der Waals surface area contributed by atoms with E-state index in [9.17, 15) is 5.11 Å². The van der Waals surface area contributed by atoms with E-state index in [4.69, 9.17) is 15.2 Å². The third-order valence-corrected chi connectivity index (χ3v) is 3.89. The Morgan fingerprint density at radius 2 is 2.00 bits per heavy atom. The summed E-state index contributed by atoms with van der Waals surface area (Å²) >= 11 is 0. The topological polar surface area (TPSA) is 64.7 Å². The highest BCUT2D eigenvalue weighted by molar-refractivity contribution is 5.51. The molecule has 2 rings (SSSR count). The summed E-state index contributed by atoms with van der Waals surface area (Å²) in [5, 5.41) is 9.93. The Morgan fingerprint density at radius 3 is 2.75 bits per heavy atom. The van der Waals surface area contributed by atoms with Gasteiger partial charge in [0.1, 0.15) is 18.5 Å². The lowest BCUT2D eigenvalue weighted by atomic mass is 9.88. The maximum atomic E-state index is 9.93. The zero-order valence-corrected chi connectivity index (χ0v) is 12.1. The summed E-state index contributed by atoms with van der Waals surface area (Å²) in [5.41, 5.74) is 6.36. The molecular weight excluding hydrogens is 254 g/mol. The van der Waals surface area contributed by atoms with Crippen LogP contribution in [0.3, 0.4) is 0 Å². The molecule has 4 nitrogen and oxygen atoms in total. The van der Waals surface area contributed by atoms with Crippen LogP contribution in [0.4, 0.5) is 5.69 Å². The number of anilines is 1. The highest BCUT2D eigenvalue weighted by atomic mass is 16.5. The number of para-hydroxylation sites is 2. The minimum atomic E-state index is -0.622. The molecule has 1 aromatic rings. The van der Waals surface area contributed by atoms with Crippen LogP contribution in [-0.4, -0.2) is 30.5 Å². The van der Waals surface area contributed by atoms with E-state index in [0.717, 1.165) is 6.42 Å². The summed E-state index contributed by atoms with van der Waals surface area (Å²) < 4.78 is 11.3. The van der Waals surface area contributed by atoms with Gasteiger partial charge in [0.25, 0.3) is 0 Å². The number of aliphatic hydroxyl groups is 1. The Kier molecular flexibility index (Phi) is 5.68. The number of aliphatic hydroxyl groups excluding tert-OH is 1. The molecular formula is C16H25NO3. The molecule has 0 radical (unpaired) electrons. The number of rotatable bonds is 6. The van der Waals surface area contributed by atoms with Gasteiger partial charge in [0.15, 0.2) is 0 Å². The average Bonchev–Trinajstić information content (AvgIpc) is 2.45. The fourth-order valence-electron chi connectivity index (χ4n) is 2.61. The van der Waals surface area contributed by atoms with Crippen LogP contribution in [0.5, 0.6) is 5.75 Å². The van der Waals surface area contributed by atoms with Crippen LogP contribution in [0.1, 0.15) is 32.6 Å². The smallest absolute Gasteiger partial charge is 0.142 e. The van der Waals surface area contributed by atoms with Gasteiger partial charge in [-0.3, -0.25) is 0 Å². The summed E-state index contributed by atoms with van der Waals surface area (Å²) in [6.07, 6.45) is 4.49. The Bertz CT molecular complexity index is 410. The van der Waals surface area contributed by atoms with Gasteiger partial charge in [0, 0.05) is 0 Å². The molecule has 3 unspecified atom stereocenters. The van der Waals surface area contributed by atoms with Crippen LogP contribution in [0, 0.1) is 5.92 Å². The van der Waals surface area contributed by atoms with Crippen LogP contribution in [0.25, 0.3) is 0 Å². The number of benzene rings is 1. The first-order valence-electron chi connectivity index (χ1n) is 7.44. The molecule has 20 heavy (non-hydrogen) atoms. The van der Waals surface area contributed by atoms with Crippen molar-refractivity contribution >= 4 is 5.69 Å².